The maximum Gasteiger partial charge on any atom is 0.291 e. The zero-order valence-electron chi connectivity index (χ0n) is 13.9. The van der Waals surface area contributed by atoms with Gasteiger partial charge in [0.25, 0.3) is 5.91 Å². The molecule has 1 amide bonds. The summed E-state index contributed by atoms with van der Waals surface area (Å²) in [7, 11) is -3.46. The predicted molar refractivity (Wildman–Crippen MR) is 93.8 cm³/mol. The fraction of sp³-hybridized carbons (Fsp3) is 0.176. The minimum absolute atomic E-state index is 0.00505. The van der Waals surface area contributed by atoms with Crippen LogP contribution in [-0.4, -0.2) is 35.0 Å². The Morgan fingerprint density at radius 3 is 2.81 bits per heavy atom. The molecule has 0 aliphatic heterocycles. The van der Waals surface area contributed by atoms with Gasteiger partial charge in [0.2, 0.25) is 0 Å². The summed E-state index contributed by atoms with van der Waals surface area (Å²) in [5.41, 5.74) is -0.00505. The first kappa shape index (κ1) is 17.7. The lowest BCUT2D eigenvalue weighted by molar-refractivity contribution is 0.0994. The van der Waals surface area contributed by atoms with Gasteiger partial charge in [0, 0.05) is 12.4 Å². The molecule has 0 fully saturated rings. The molecule has 0 aliphatic carbocycles. The number of phenolic OH excluding ortho intramolecular Hbond substituents is 1. The number of anilines is 1. The summed E-state index contributed by atoms with van der Waals surface area (Å²) in [6.07, 6.45) is 3.40. The van der Waals surface area contributed by atoms with Crippen molar-refractivity contribution in [3.05, 3.63) is 60.3 Å². The van der Waals surface area contributed by atoms with Crippen LogP contribution in [0.1, 0.15) is 23.2 Å². The molecule has 2 N–H and O–H groups in total. The third-order valence-corrected chi connectivity index (χ3v) is 5.45. The third-order valence-electron chi connectivity index (χ3n) is 3.72. The van der Waals surface area contributed by atoms with Gasteiger partial charge in [-0.15, -0.1) is 0 Å². The number of rotatable bonds is 6. The number of carbonyl (C=O) groups excluding carboxylic acids is 1. The number of benzene rings is 1. The molecular weight excluding hydrogens is 358 g/mol. The standard InChI is InChI=1S/C17H17N3O5S/c1-2-26(23,24)13-5-6-15(21)14(10-13)19-17(22)16-7-4-12(25-16)11-20-9-3-8-18-20/h3-10,21H,2,11H2,1H3,(H,19,22). The number of phenols is 1. The van der Waals surface area contributed by atoms with Crippen molar-refractivity contribution in [3.8, 4) is 5.75 Å². The second kappa shape index (κ2) is 7.04. The number of nitrogens with one attached hydrogen (secondary N) is 1. The number of aromatic nitrogens is 2. The first-order chi connectivity index (χ1) is 12.4. The quantitative estimate of drug-likeness (QED) is 0.639. The van der Waals surface area contributed by atoms with Crippen LogP contribution in [0.3, 0.4) is 0 Å². The highest BCUT2D eigenvalue weighted by atomic mass is 32.2. The molecule has 1 aromatic carbocycles. The molecule has 0 saturated heterocycles. The molecule has 0 bridgehead atoms. The number of hydrogen-bond donors (Lipinski definition) is 2. The fourth-order valence-corrected chi connectivity index (χ4v) is 3.20. The van der Waals surface area contributed by atoms with E-state index in [1.165, 1.54) is 31.2 Å². The average molecular weight is 375 g/mol. The van der Waals surface area contributed by atoms with Gasteiger partial charge in [-0.3, -0.25) is 9.48 Å². The summed E-state index contributed by atoms with van der Waals surface area (Å²) >= 11 is 0. The summed E-state index contributed by atoms with van der Waals surface area (Å²) in [6, 6.07) is 8.66. The molecule has 26 heavy (non-hydrogen) atoms. The van der Waals surface area contributed by atoms with Crippen LogP contribution in [0.2, 0.25) is 0 Å². The SMILES string of the molecule is CCS(=O)(=O)c1ccc(O)c(NC(=O)c2ccc(Cn3cccn3)o2)c1. The highest BCUT2D eigenvalue weighted by Crippen LogP contribution is 2.27. The second-order valence-electron chi connectivity index (χ2n) is 5.51. The van der Waals surface area contributed by atoms with Crippen molar-refractivity contribution in [3.63, 3.8) is 0 Å². The Bertz CT molecular complexity index is 1020. The molecule has 0 spiro atoms. The van der Waals surface area contributed by atoms with Crippen molar-refractivity contribution in [1.29, 1.82) is 0 Å². The van der Waals surface area contributed by atoms with E-state index < -0.39 is 15.7 Å². The van der Waals surface area contributed by atoms with Gasteiger partial charge >= 0.3 is 0 Å². The molecule has 0 radical (unpaired) electrons. The smallest absolute Gasteiger partial charge is 0.291 e. The Kier molecular flexibility index (Phi) is 4.81. The lowest BCUT2D eigenvalue weighted by Crippen LogP contribution is -2.12. The summed E-state index contributed by atoms with van der Waals surface area (Å²) in [6.45, 7) is 1.89. The highest BCUT2D eigenvalue weighted by Gasteiger charge is 2.17. The third kappa shape index (κ3) is 3.77. The molecule has 0 unspecified atom stereocenters. The molecule has 2 heterocycles. The first-order valence-corrected chi connectivity index (χ1v) is 9.47. The Balaban J connectivity index is 1.78. The van der Waals surface area contributed by atoms with E-state index in [0.29, 0.717) is 12.3 Å². The van der Waals surface area contributed by atoms with Crippen molar-refractivity contribution in [2.24, 2.45) is 0 Å². The zero-order valence-corrected chi connectivity index (χ0v) is 14.7. The van der Waals surface area contributed by atoms with Gasteiger partial charge in [0.15, 0.2) is 15.6 Å². The lowest BCUT2D eigenvalue weighted by atomic mass is 10.3. The van der Waals surface area contributed by atoms with E-state index in [2.05, 4.69) is 10.4 Å². The molecule has 9 heteroatoms. The van der Waals surface area contributed by atoms with Gasteiger partial charge in [-0.1, -0.05) is 6.92 Å². The van der Waals surface area contributed by atoms with Crippen LogP contribution >= 0.6 is 0 Å². The van der Waals surface area contributed by atoms with Gasteiger partial charge < -0.3 is 14.8 Å². The van der Waals surface area contributed by atoms with E-state index >= 15 is 0 Å². The van der Waals surface area contributed by atoms with Crippen LogP contribution in [0, 0.1) is 0 Å². The predicted octanol–water partition coefficient (Wildman–Crippen LogP) is 2.28. The number of amides is 1. The first-order valence-electron chi connectivity index (χ1n) is 7.82. The average Bonchev–Trinajstić information content (AvgIpc) is 3.29. The Morgan fingerprint density at radius 1 is 1.31 bits per heavy atom. The van der Waals surface area contributed by atoms with E-state index in [-0.39, 0.29) is 27.8 Å². The summed E-state index contributed by atoms with van der Waals surface area (Å²) in [4.78, 5) is 12.3. The minimum atomic E-state index is -3.46. The molecule has 136 valence electrons. The van der Waals surface area contributed by atoms with Crippen LogP contribution in [0.5, 0.6) is 5.75 Å². The number of hydrogen-bond acceptors (Lipinski definition) is 6. The van der Waals surface area contributed by atoms with Gasteiger partial charge in [0.05, 0.1) is 22.9 Å². The van der Waals surface area contributed by atoms with E-state index in [9.17, 15) is 18.3 Å². The van der Waals surface area contributed by atoms with E-state index in [0.717, 1.165) is 0 Å². The normalized spacial score (nSPS) is 11.4. The summed E-state index contributed by atoms with van der Waals surface area (Å²) < 4.78 is 31.0. The summed E-state index contributed by atoms with van der Waals surface area (Å²) in [5, 5.41) is 16.4. The minimum Gasteiger partial charge on any atom is -0.506 e. The van der Waals surface area contributed by atoms with E-state index in [4.69, 9.17) is 4.42 Å². The lowest BCUT2D eigenvalue weighted by Gasteiger charge is -2.08. The largest absolute Gasteiger partial charge is 0.506 e. The summed E-state index contributed by atoms with van der Waals surface area (Å²) in [5.74, 6) is -0.351. The number of aromatic hydroxyl groups is 1. The Hall–Kier alpha value is -3.07. The maximum absolute atomic E-state index is 12.3. The molecule has 3 aromatic rings. The number of furan rings is 1. The van der Waals surface area contributed by atoms with Crippen LogP contribution in [0.4, 0.5) is 5.69 Å². The van der Waals surface area contributed by atoms with Gasteiger partial charge in [-0.2, -0.15) is 5.10 Å². The number of sulfone groups is 1. The van der Waals surface area contributed by atoms with E-state index in [1.54, 1.807) is 29.2 Å². The van der Waals surface area contributed by atoms with Crippen molar-refractivity contribution in [2.75, 3.05) is 11.1 Å². The number of nitrogens with zero attached hydrogens (tertiary/aromatic N) is 2. The van der Waals surface area contributed by atoms with Gasteiger partial charge in [-0.05, 0) is 36.4 Å². The molecular formula is C17H17N3O5S. The number of carbonyl (C=O) groups is 1. The van der Waals surface area contributed by atoms with Crippen molar-refractivity contribution in [1.82, 2.24) is 9.78 Å². The van der Waals surface area contributed by atoms with Crippen LogP contribution in [0.15, 0.2) is 58.1 Å². The monoisotopic (exact) mass is 375 g/mol. The Morgan fingerprint density at radius 2 is 2.12 bits per heavy atom. The fourth-order valence-electron chi connectivity index (χ4n) is 2.30. The van der Waals surface area contributed by atoms with Crippen molar-refractivity contribution in [2.45, 2.75) is 18.4 Å². The maximum atomic E-state index is 12.3. The topological polar surface area (TPSA) is 114 Å². The Labute approximate surface area is 150 Å². The van der Waals surface area contributed by atoms with Gasteiger partial charge in [0.1, 0.15) is 11.5 Å². The zero-order chi connectivity index (χ0) is 18.7. The molecule has 3 rings (SSSR count). The van der Waals surface area contributed by atoms with E-state index in [1.807, 2.05) is 0 Å². The van der Waals surface area contributed by atoms with Crippen LogP contribution < -0.4 is 5.32 Å². The highest BCUT2D eigenvalue weighted by molar-refractivity contribution is 7.91. The molecule has 2 aromatic heterocycles. The van der Waals surface area contributed by atoms with Gasteiger partial charge in [-0.25, -0.2) is 8.42 Å². The molecule has 0 aliphatic rings. The molecule has 8 nitrogen and oxygen atoms in total. The van der Waals surface area contributed by atoms with Crippen LogP contribution in [-0.2, 0) is 16.4 Å². The van der Waals surface area contributed by atoms with Crippen LogP contribution in [0.25, 0.3) is 0 Å². The van der Waals surface area contributed by atoms with Crippen molar-refractivity contribution < 1.29 is 22.7 Å². The molecule has 0 saturated carbocycles. The second-order valence-corrected chi connectivity index (χ2v) is 7.78. The van der Waals surface area contributed by atoms with Crippen molar-refractivity contribution >= 4 is 21.4 Å². The molecule has 0 atom stereocenters.